The van der Waals surface area contributed by atoms with Crippen LogP contribution in [0.15, 0.2) is 12.1 Å². The summed E-state index contributed by atoms with van der Waals surface area (Å²) < 4.78 is 0. The number of aliphatic hydroxyl groups is 1. The fourth-order valence-electron chi connectivity index (χ4n) is 4.80. The highest BCUT2D eigenvalue weighted by atomic mass is 28.3. The maximum atomic E-state index is 9.52. The first kappa shape index (κ1) is 16.4. The van der Waals surface area contributed by atoms with E-state index < -0.39 is 8.07 Å². The van der Waals surface area contributed by atoms with Crippen molar-refractivity contribution < 1.29 is 5.11 Å². The van der Waals surface area contributed by atoms with Crippen molar-refractivity contribution in [3.8, 4) is 0 Å². The first-order valence-corrected chi connectivity index (χ1v) is 12.9. The van der Waals surface area contributed by atoms with Crippen molar-refractivity contribution in [3.05, 3.63) is 17.8 Å². The summed E-state index contributed by atoms with van der Waals surface area (Å²) in [4.78, 5) is 7.34. The minimum absolute atomic E-state index is 0.0359. The minimum atomic E-state index is -0.925. The predicted molar refractivity (Wildman–Crippen MR) is 103 cm³/mol. The van der Waals surface area contributed by atoms with Gasteiger partial charge in [0.1, 0.15) is 5.82 Å². The van der Waals surface area contributed by atoms with E-state index in [0.29, 0.717) is 11.5 Å². The second-order valence-electron chi connectivity index (χ2n) is 9.27. The molecule has 2 heterocycles. The Balaban J connectivity index is 1.35. The molecule has 24 heavy (non-hydrogen) atoms. The number of nitrogens with one attached hydrogen (secondary N) is 1. The highest BCUT2D eigenvalue weighted by Gasteiger charge is 2.52. The Morgan fingerprint density at radius 2 is 1.83 bits per heavy atom. The van der Waals surface area contributed by atoms with Crippen LogP contribution in [0.3, 0.4) is 0 Å². The molecule has 4 rings (SSSR count). The summed E-state index contributed by atoms with van der Waals surface area (Å²) in [7, 11) is -0.925. The number of aryl methyl sites for hydroxylation is 1. The van der Waals surface area contributed by atoms with Gasteiger partial charge >= 0.3 is 0 Å². The van der Waals surface area contributed by atoms with E-state index in [0.717, 1.165) is 24.4 Å². The van der Waals surface area contributed by atoms with E-state index in [1.807, 2.05) is 0 Å². The van der Waals surface area contributed by atoms with Gasteiger partial charge in [-0.05, 0) is 62.2 Å². The number of pyridine rings is 1. The van der Waals surface area contributed by atoms with E-state index in [9.17, 15) is 5.11 Å². The van der Waals surface area contributed by atoms with Crippen LogP contribution in [-0.2, 0) is 0 Å². The highest BCUT2D eigenvalue weighted by molar-refractivity contribution is 6.77. The van der Waals surface area contributed by atoms with E-state index in [2.05, 4.69) is 42.4 Å². The molecule has 1 aliphatic heterocycles. The number of aliphatic hydroxyl groups excluding tert-OH is 1. The summed E-state index contributed by atoms with van der Waals surface area (Å²) in [5, 5.41) is 13.2. The van der Waals surface area contributed by atoms with E-state index in [1.54, 1.807) is 0 Å². The van der Waals surface area contributed by atoms with Crippen molar-refractivity contribution >= 4 is 19.6 Å². The van der Waals surface area contributed by atoms with Crippen LogP contribution in [0.25, 0.3) is 0 Å². The largest absolute Gasteiger partial charge is 0.393 e. The van der Waals surface area contributed by atoms with Crippen LogP contribution in [0.1, 0.15) is 31.4 Å². The smallest absolute Gasteiger partial charge is 0.128 e. The summed E-state index contributed by atoms with van der Waals surface area (Å²) in [6.45, 7) is 9.47. The normalized spacial score (nSPS) is 34.6. The molecule has 3 aliphatic rings. The molecule has 5 heteroatoms. The molecule has 0 aromatic carbocycles. The molecule has 4 nitrogen and oxygen atoms in total. The second kappa shape index (κ2) is 5.73. The Morgan fingerprint density at radius 3 is 2.42 bits per heavy atom. The fourth-order valence-corrected chi connectivity index (χ4v) is 6.80. The zero-order valence-electron chi connectivity index (χ0n) is 15.3. The van der Waals surface area contributed by atoms with Gasteiger partial charge < -0.3 is 15.3 Å². The number of nitrogens with zero attached hydrogens (tertiary/aromatic N) is 2. The van der Waals surface area contributed by atoms with Crippen molar-refractivity contribution in [2.75, 3.05) is 23.3 Å². The zero-order chi connectivity index (χ0) is 16.9. The molecular formula is C19H31N3OSi. The molecule has 1 spiro atoms. The van der Waals surface area contributed by atoms with Gasteiger partial charge in [0.2, 0.25) is 0 Å². The van der Waals surface area contributed by atoms with Gasteiger partial charge in [-0.25, -0.2) is 4.98 Å². The van der Waals surface area contributed by atoms with E-state index in [1.165, 1.54) is 43.7 Å². The summed E-state index contributed by atoms with van der Waals surface area (Å²) in [6, 6.07) is 7.73. The SMILES string of the molecule is Cc1nc(N2CC[Si](C)(C)CC2)ccc1NC1CC2(CC(O)C2)C1. The first-order valence-electron chi connectivity index (χ1n) is 9.52. The third-order valence-electron chi connectivity index (χ3n) is 6.57. The fraction of sp³-hybridized carbons (Fsp3) is 0.737. The lowest BCUT2D eigenvalue weighted by molar-refractivity contribution is -0.0867. The lowest BCUT2D eigenvalue weighted by atomic mass is 9.53. The minimum Gasteiger partial charge on any atom is -0.393 e. The molecule has 0 amide bonds. The van der Waals surface area contributed by atoms with E-state index in [4.69, 9.17) is 4.98 Å². The van der Waals surface area contributed by atoms with Crippen LogP contribution >= 0.6 is 0 Å². The maximum absolute atomic E-state index is 9.52. The third-order valence-corrected chi connectivity index (χ3v) is 9.72. The van der Waals surface area contributed by atoms with Gasteiger partial charge in [0.05, 0.1) is 25.6 Å². The number of hydrogen-bond acceptors (Lipinski definition) is 4. The van der Waals surface area contributed by atoms with E-state index in [-0.39, 0.29) is 6.10 Å². The Hall–Kier alpha value is -1.07. The topological polar surface area (TPSA) is 48.4 Å². The molecule has 0 atom stereocenters. The van der Waals surface area contributed by atoms with Crippen LogP contribution < -0.4 is 10.2 Å². The van der Waals surface area contributed by atoms with Gasteiger partial charge in [-0.2, -0.15) is 0 Å². The Labute approximate surface area is 146 Å². The van der Waals surface area contributed by atoms with Crippen LogP contribution in [0, 0.1) is 12.3 Å². The quantitative estimate of drug-likeness (QED) is 0.821. The number of hydrogen-bond donors (Lipinski definition) is 2. The average Bonchev–Trinajstić information content (AvgIpc) is 2.45. The summed E-state index contributed by atoms with van der Waals surface area (Å²) in [6.07, 6.45) is 4.39. The van der Waals surface area contributed by atoms with Crippen molar-refractivity contribution in [2.24, 2.45) is 5.41 Å². The molecule has 132 valence electrons. The number of aromatic nitrogens is 1. The summed E-state index contributed by atoms with van der Waals surface area (Å²) in [5.41, 5.74) is 2.76. The van der Waals surface area contributed by atoms with Crippen LogP contribution in [0.5, 0.6) is 0 Å². The monoisotopic (exact) mass is 345 g/mol. The lowest BCUT2D eigenvalue weighted by Crippen LogP contribution is -2.54. The van der Waals surface area contributed by atoms with Gasteiger partial charge in [0.25, 0.3) is 0 Å². The van der Waals surface area contributed by atoms with Crippen molar-refractivity contribution in [1.82, 2.24) is 4.98 Å². The summed E-state index contributed by atoms with van der Waals surface area (Å²) >= 11 is 0. The van der Waals surface area contributed by atoms with Crippen LogP contribution in [-0.4, -0.2) is 43.4 Å². The molecule has 2 saturated carbocycles. The van der Waals surface area contributed by atoms with Crippen molar-refractivity contribution in [3.63, 3.8) is 0 Å². The number of anilines is 2. The molecule has 0 bridgehead atoms. The van der Waals surface area contributed by atoms with Crippen LogP contribution in [0.2, 0.25) is 25.2 Å². The molecule has 1 aromatic heterocycles. The molecule has 2 aliphatic carbocycles. The predicted octanol–water partition coefficient (Wildman–Crippen LogP) is 3.63. The van der Waals surface area contributed by atoms with Crippen molar-refractivity contribution in [1.29, 1.82) is 0 Å². The Bertz CT molecular complexity index is 609. The van der Waals surface area contributed by atoms with Gasteiger partial charge in [-0.3, -0.25) is 0 Å². The standard InChI is InChI=1S/C19H31N3OSi/c1-14-17(21-15-10-19(11-15)12-16(23)13-19)4-5-18(20-14)22-6-8-24(2,3)9-7-22/h4-5,15-16,21,23H,6-13H2,1-3H3. The van der Waals surface area contributed by atoms with Gasteiger partial charge in [-0.1, -0.05) is 13.1 Å². The maximum Gasteiger partial charge on any atom is 0.128 e. The van der Waals surface area contributed by atoms with E-state index >= 15 is 0 Å². The highest BCUT2D eigenvalue weighted by Crippen LogP contribution is 2.56. The number of rotatable bonds is 3. The molecule has 3 fully saturated rings. The molecule has 1 saturated heterocycles. The first-order chi connectivity index (χ1) is 11.3. The van der Waals surface area contributed by atoms with Crippen molar-refractivity contribution in [2.45, 2.75) is 69.9 Å². The van der Waals surface area contributed by atoms with Crippen LogP contribution in [0.4, 0.5) is 11.5 Å². The Morgan fingerprint density at radius 1 is 1.17 bits per heavy atom. The average molecular weight is 346 g/mol. The summed E-state index contributed by atoms with van der Waals surface area (Å²) in [5.74, 6) is 1.15. The third kappa shape index (κ3) is 3.08. The van der Waals surface area contributed by atoms with Gasteiger partial charge in [-0.15, -0.1) is 0 Å². The molecule has 1 aromatic rings. The molecular weight excluding hydrogens is 314 g/mol. The van der Waals surface area contributed by atoms with Gasteiger partial charge in [0, 0.05) is 19.1 Å². The molecule has 0 unspecified atom stereocenters. The zero-order valence-corrected chi connectivity index (χ0v) is 16.3. The molecule has 2 N–H and O–H groups in total. The van der Waals surface area contributed by atoms with Gasteiger partial charge in [0.15, 0.2) is 0 Å². The lowest BCUT2D eigenvalue weighted by Gasteiger charge is -2.56. The Kier molecular flexibility index (Phi) is 3.92. The second-order valence-corrected chi connectivity index (χ2v) is 14.6. The molecule has 0 radical (unpaired) electrons.